The van der Waals surface area contributed by atoms with Crippen LogP contribution in [0.4, 0.5) is 0 Å². The molecular weight excluding hydrogens is 168 g/mol. The highest BCUT2D eigenvalue weighted by Gasteiger charge is 2.21. The van der Waals surface area contributed by atoms with E-state index in [9.17, 15) is 0 Å². The average Bonchev–Trinajstić information content (AvgIpc) is 2.21. The van der Waals surface area contributed by atoms with E-state index in [0.29, 0.717) is 12.2 Å². The second-order valence-corrected chi connectivity index (χ2v) is 3.63. The van der Waals surface area contributed by atoms with Gasteiger partial charge in [0.15, 0.2) is 0 Å². The van der Waals surface area contributed by atoms with Gasteiger partial charge in [-0.15, -0.1) is 0 Å². The minimum absolute atomic E-state index is 0.346. The number of hydrogen-bond donors (Lipinski definition) is 2. The fraction of sp³-hybridized carbons (Fsp3) is 1.00. The van der Waals surface area contributed by atoms with E-state index in [2.05, 4.69) is 10.6 Å². The second kappa shape index (κ2) is 4.91. The van der Waals surface area contributed by atoms with E-state index in [0.717, 1.165) is 45.8 Å². The van der Waals surface area contributed by atoms with Gasteiger partial charge in [0.1, 0.15) is 0 Å². The third kappa shape index (κ3) is 2.91. The van der Waals surface area contributed by atoms with Crippen LogP contribution >= 0.6 is 0 Å². The zero-order chi connectivity index (χ0) is 8.93. The van der Waals surface area contributed by atoms with E-state index in [1.807, 2.05) is 0 Å². The lowest BCUT2D eigenvalue weighted by molar-refractivity contribution is -0.0385. The fourth-order valence-corrected chi connectivity index (χ4v) is 1.84. The van der Waals surface area contributed by atoms with Gasteiger partial charge in [-0.25, -0.2) is 0 Å². The van der Waals surface area contributed by atoms with Crippen molar-refractivity contribution in [2.45, 2.75) is 18.6 Å². The molecular formula is C9H18N2O2. The Morgan fingerprint density at radius 1 is 0.923 bits per heavy atom. The van der Waals surface area contributed by atoms with Gasteiger partial charge < -0.3 is 20.1 Å². The molecule has 2 N–H and O–H groups in total. The van der Waals surface area contributed by atoms with E-state index >= 15 is 0 Å². The predicted molar refractivity (Wildman–Crippen MR) is 49.8 cm³/mol. The molecule has 2 aliphatic heterocycles. The van der Waals surface area contributed by atoms with Crippen molar-refractivity contribution in [2.75, 3.05) is 39.4 Å². The third-order valence-electron chi connectivity index (χ3n) is 2.53. The van der Waals surface area contributed by atoms with E-state index < -0.39 is 0 Å². The van der Waals surface area contributed by atoms with Crippen molar-refractivity contribution < 1.29 is 9.47 Å². The molecule has 0 aromatic carbocycles. The highest BCUT2D eigenvalue weighted by atomic mass is 16.5. The molecule has 2 aliphatic rings. The van der Waals surface area contributed by atoms with Crippen molar-refractivity contribution in [3.05, 3.63) is 0 Å². The first-order chi connectivity index (χ1) is 6.45. The maximum Gasteiger partial charge on any atom is 0.0725 e. The van der Waals surface area contributed by atoms with E-state index in [-0.39, 0.29) is 0 Å². The summed E-state index contributed by atoms with van der Waals surface area (Å²) in [5, 5.41) is 6.65. The summed E-state index contributed by atoms with van der Waals surface area (Å²) >= 11 is 0. The Morgan fingerprint density at radius 2 is 1.46 bits per heavy atom. The Balaban J connectivity index is 1.69. The molecule has 0 saturated carbocycles. The molecule has 0 aromatic heterocycles. The van der Waals surface area contributed by atoms with Crippen molar-refractivity contribution >= 4 is 0 Å². The lowest BCUT2D eigenvalue weighted by Crippen LogP contribution is -2.45. The molecule has 4 nitrogen and oxygen atoms in total. The summed E-state index contributed by atoms with van der Waals surface area (Å²) in [6, 6.07) is 0. The van der Waals surface area contributed by atoms with Crippen LogP contribution in [-0.2, 0) is 9.47 Å². The van der Waals surface area contributed by atoms with Gasteiger partial charge in [0.25, 0.3) is 0 Å². The van der Waals surface area contributed by atoms with Crippen LogP contribution in [0.2, 0.25) is 0 Å². The van der Waals surface area contributed by atoms with Crippen molar-refractivity contribution in [1.82, 2.24) is 10.6 Å². The van der Waals surface area contributed by atoms with Crippen molar-refractivity contribution in [3.63, 3.8) is 0 Å². The summed E-state index contributed by atoms with van der Waals surface area (Å²) in [7, 11) is 0. The molecule has 4 heteroatoms. The fourth-order valence-electron chi connectivity index (χ4n) is 1.84. The number of hydrogen-bond acceptors (Lipinski definition) is 4. The van der Waals surface area contributed by atoms with Crippen LogP contribution in [0.5, 0.6) is 0 Å². The van der Waals surface area contributed by atoms with Crippen LogP contribution in [0.1, 0.15) is 6.42 Å². The zero-order valence-corrected chi connectivity index (χ0v) is 7.92. The van der Waals surface area contributed by atoms with E-state index in [1.54, 1.807) is 0 Å². The Kier molecular flexibility index (Phi) is 3.55. The van der Waals surface area contributed by atoms with Crippen molar-refractivity contribution in [2.24, 2.45) is 0 Å². The van der Waals surface area contributed by atoms with Gasteiger partial charge in [-0.1, -0.05) is 0 Å². The Morgan fingerprint density at radius 3 is 1.85 bits per heavy atom. The van der Waals surface area contributed by atoms with Gasteiger partial charge in [0.2, 0.25) is 0 Å². The lowest BCUT2D eigenvalue weighted by Gasteiger charge is -2.30. The first kappa shape index (κ1) is 9.40. The highest BCUT2D eigenvalue weighted by Crippen LogP contribution is 2.09. The summed E-state index contributed by atoms with van der Waals surface area (Å²) in [6.07, 6.45) is 1.71. The Hall–Kier alpha value is -0.160. The average molecular weight is 186 g/mol. The maximum atomic E-state index is 5.61. The van der Waals surface area contributed by atoms with Gasteiger partial charge in [0.05, 0.1) is 25.4 Å². The Labute approximate surface area is 79.0 Å². The monoisotopic (exact) mass is 186 g/mol. The van der Waals surface area contributed by atoms with Crippen LogP contribution in [0.3, 0.4) is 0 Å². The first-order valence-electron chi connectivity index (χ1n) is 5.10. The van der Waals surface area contributed by atoms with Crippen LogP contribution in [0.15, 0.2) is 0 Å². The lowest BCUT2D eigenvalue weighted by atomic mass is 10.1. The molecule has 0 radical (unpaired) electrons. The molecule has 0 aliphatic carbocycles. The number of nitrogens with one attached hydrogen (secondary N) is 2. The van der Waals surface area contributed by atoms with Crippen molar-refractivity contribution in [3.8, 4) is 0 Å². The number of morpholine rings is 2. The largest absolute Gasteiger partial charge is 0.375 e. The molecule has 0 spiro atoms. The summed E-state index contributed by atoms with van der Waals surface area (Å²) in [5.41, 5.74) is 0. The molecule has 2 atom stereocenters. The van der Waals surface area contributed by atoms with E-state index in [1.165, 1.54) is 0 Å². The molecule has 2 rings (SSSR count). The van der Waals surface area contributed by atoms with E-state index in [4.69, 9.17) is 9.47 Å². The molecule has 2 heterocycles. The van der Waals surface area contributed by atoms with Gasteiger partial charge in [-0.2, -0.15) is 0 Å². The normalized spacial score (nSPS) is 36.0. The van der Waals surface area contributed by atoms with Gasteiger partial charge in [0, 0.05) is 32.6 Å². The van der Waals surface area contributed by atoms with Gasteiger partial charge >= 0.3 is 0 Å². The summed E-state index contributed by atoms with van der Waals surface area (Å²) in [5.74, 6) is 0. The number of ether oxygens (including phenoxy) is 2. The van der Waals surface area contributed by atoms with Gasteiger partial charge in [-0.3, -0.25) is 0 Å². The summed E-state index contributed by atoms with van der Waals surface area (Å²) in [6.45, 7) is 5.59. The van der Waals surface area contributed by atoms with Gasteiger partial charge in [-0.05, 0) is 0 Å². The minimum atomic E-state index is 0.346. The quantitative estimate of drug-likeness (QED) is 0.601. The third-order valence-corrected chi connectivity index (χ3v) is 2.53. The molecule has 2 unspecified atom stereocenters. The molecule has 2 fully saturated rings. The summed E-state index contributed by atoms with van der Waals surface area (Å²) < 4.78 is 11.2. The maximum absolute atomic E-state index is 5.61. The Bertz CT molecular complexity index is 127. The summed E-state index contributed by atoms with van der Waals surface area (Å²) in [4.78, 5) is 0. The minimum Gasteiger partial charge on any atom is -0.375 e. The standard InChI is InChI=1S/C9H18N2O2/c1-3-12-8(6-10-1)5-9-7-11-2-4-13-9/h8-11H,1-7H2. The molecule has 0 bridgehead atoms. The first-order valence-corrected chi connectivity index (χ1v) is 5.10. The smallest absolute Gasteiger partial charge is 0.0725 e. The zero-order valence-electron chi connectivity index (χ0n) is 7.92. The molecule has 13 heavy (non-hydrogen) atoms. The topological polar surface area (TPSA) is 42.5 Å². The van der Waals surface area contributed by atoms with Crippen LogP contribution in [0.25, 0.3) is 0 Å². The number of rotatable bonds is 2. The molecule has 0 aromatic rings. The molecule has 76 valence electrons. The van der Waals surface area contributed by atoms with Crippen LogP contribution < -0.4 is 10.6 Å². The van der Waals surface area contributed by atoms with Crippen LogP contribution in [0, 0.1) is 0 Å². The molecule has 0 amide bonds. The van der Waals surface area contributed by atoms with Crippen molar-refractivity contribution in [1.29, 1.82) is 0 Å². The highest BCUT2D eigenvalue weighted by molar-refractivity contribution is 4.75. The second-order valence-electron chi connectivity index (χ2n) is 3.63. The SMILES string of the molecule is C1COC(CC2CNCCO2)CN1. The van der Waals surface area contributed by atoms with Crippen LogP contribution in [-0.4, -0.2) is 51.6 Å². The molecule has 2 saturated heterocycles. The predicted octanol–water partition coefficient (Wildman–Crippen LogP) is -0.647.